The third-order valence-corrected chi connectivity index (χ3v) is 5.82. The molecule has 0 nitrogen and oxygen atoms in total. The summed E-state index contributed by atoms with van der Waals surface area (Å²) in [4.78, 5) is 0. The minimum Gasteiger partial charge on any atom is -0.122 e. The highest BCUT2D eigenvalue weighted by atomic mass is 33.1. The van der Waals surface area contributed by atoms with Gasteiger partial charge < -0.3 is 0 Å². The lowest BCUT2D eigenvalue weighted by Gasteiger charge is -2.17. The van der Waals surface area contributed by atoms with Crippen LogP contribution in [0.15, 0.2) is 10.3 Å². The second-order valence-electron chi connectivity index (χ2n) is 4.21. The van der Waals surface area contributed by atoms with Crippen LogP contribution in [-0.2, 0) is 0 Å². The molecule has 0 amide bonds. The fourth-order valence-electron chi connectivity index (χ4n) is 0.568. The van der Waals surface area contributed by atoms with Gasteiger partial charge in [0.15, 0.2) is 0 Å². The van der Waals surface area contributed by atoms with E-state index in [4.69, 9.17) is 0 Å². The first-order valence-electron chi connectivity index (χ1n) is 4.46. The van der Waals surface area contributed by atoms with Crippen molar-refractivity contribution in [2.45, 2.75) is 39.4 Å². The van der Waals surface area contributed by atoms with Crippen molar-refractivity contribution in [1.29, 1.82) is 0 Å². The molecule has 0 N–H and O–H groups in total. The van der Waals surface area contributed by atoms with E-state index in [-0.39, 0.29) is 0 Å². The van der Waals surface area contributed by atoms with Crippen molar-refractivity contribution in [3.8, 4) is 0 Å². The Hall–Kier alpha value is 0.790. The van der Waals surface area contributed by atoms with Crippen molar-refractivity contribution < 1.29 is 0 Å². The third-order valence-electron chi connectivity index (χ3n) is 1.04. The Labute approximate surface area is 95.1 Å². The molecule has 0 aromatic rings. The van der Waals surface area contributed by atoms with Gasteiger partial charge in [-0.25, -0.2) is 0 Å². The average Bonchev–Trinajstić information content (AvgIpc) is 1.95. The van der Waals surface area contributed by atoms with Crippen LogP contribution in [0.4, 0.5) is 0 Å². The standard InChI is InChI=1S/C10H20S3/c1-8(2)7-9(11-6)12-13-10(3,4)5/h7-8H,1-6H3/b9-7+. The molecule has 0 fully saturated rings. The van der Waals surface area contributed by atoms with Gasteiger partial charge in [0.05, 0.1) is 0 Å². The molecule has 0 aromatic heterocycles. The highest BCUT2D eigenvalue weighted by Crippen LogP contribution is 2.43. The molecule has 3 heteroatoms. The van der Waals surface area contributed by atoms with E-state index in [1.807, 2.05) is 33.3 Å². The van der Waals surface area contributed by atoms with Crippen LogP contribution in [0.25, 0.3) is 0 Å². The number of hydrogen-bond acceptors (Lipinski definition) is 3. The molecular formula is C10H20S3. The van der Waals surface area contributed by atoms with Crippen LogP contribution in [0, 0.1) is 5.92 Å². The Morgan fingerprint density at radius 1 is 1.23 bits per heavy atom. The van der Waals surface area contributed by atoms with Crippen molar-refractivity contribution in [3.05, 3.63) is 10.3 Å². The molecule has 0 rings (SSSR count). The molecule has 0 atom stereocenters. The SMILES string of the molecule is CS/C(=C\C(C)C)SSC(C)(C)C. The van der Waals surface area contributed by atoms with Crippen LogP contribution >= 0.6 is 33.3 Å². The summed E-state index contributed by atoms with van der Waals surface area (Å²) in [6, 6.07) is 0. The molecule has 0 heterocycles. The molecule has 0 aliphatic carbocycles. The second kappa shape index (κ2) is 6.31. The summed E-state index contributed by atoms with van der Waals surface area (Å²) in [5.41, 5.74) is 0. The number of allylic oxidation sites excluding steroid dienone is 1. The van der Waals surface area contributed by atoms with Gasteiger partial charge in [-0.1, -0.05) is 62.3 Å². The van der Waals surface area contributed by atoms with Crippen LogP contribution in [0.5, 0.6) is 0 Å². The van der Waals surface area contributed by atoms with Crippen molar-refractivity contribution in [2.75, 3.05) is 6.26 Å². The zero-order valence-electron chi connectivity index (χ0n) is 9.38. The summed E-state index contributed by atoms with van der Waals surface area (Å²) >= 11 is 1.84. The van der Waals surface area contributed by atoms with Crippen molar-refractivity contribution in [3.63, 3.8) is 0 Å². The highest BCUT2D eigenvalue weighted by Gasteiger charge is 2.12. The molecule has 0 saturated heterocycles. The van der Waals surface area contributed by atoms with E-state index in [0.717, 1.165) is 0 Å². The molecule has 0 saturated carbocycles. The Morgan fingerprint density at radius 3 is 2.08 bits per heavy atom. The van der Waals surface area contributed by atoms with Crippen LogP contribution in [0.1, 0.15) is 34.6 Å². The van der Waals surface area contributed by atoms with Gasteiger partial charge in [-0.2, -0.15) is 0 Å². The molecule has 0 aliphatic heterocycles. The largest absolute Gasteiger partial charge is 0.122 e. The van der Waals surface area contributed by atoms with E-state index >= 15 is 0 Å². The van der Waals surface area contributed by atoms with E-state index < -0.39 is 0 Å². The van der Waals surface area contributed by atoms with Gasteiger partial charge in [0.2, 0.25) is 0 Å². The molecule has 0 unspecified atom stereocenters. The van der Waals surface area contributed by atoms with Crippen LogP contribution < -0.4 is 0 Å². The first-order chi connectivity index (χ1) is 5.85. The average molecular weight is 236 g/mol. The summed E-state index contributed by atoms with van der Waals surface area (Å²) < 4.78 is 1.77. The molecule has 0 spiro atoms. The number of rotatable bonds is 4. The van der Waals surface area contributed by atoms with Crippen molar-refractivity contribution in [1.82, 2.24) is 0 Å². The van der Waals surface area contributed by atoms with Crippen molar-refractivity contribution in [2.24, 2.45) is 5.92 Å². The fraction of sp³-hybridized carbons (Fsp3) is 0.800. The van der Waals surface area contributed by atoms with E-state index in [0.29, 0.717) is 10.7 Å². The van der Waals surface area contributed by atoms with Crippen LogP contribution in [0.3, 0.4) is 0 Å². The van der Waals surface area contributed by atoms with E-state index in [9.17, 15) is 0 Å². The Bertz CT molecular complexity index is 165. The maximum Gasteiger partial charge on any atom is 0.0470 e. The molecule has 13 heavy (non-hydrogen) atoms. The van der Waals surface area contributed by atoms with Crippen LogP contribution in [0.2, 0.25) is 0 Å². The minimum atomic E-state index is 0.344. The quantitative estimate of drug-likeness (QED) is 0.629. The second-order valence-corrected chi connectivity index (χ2v) is 8.32. The van der Waals surface area contributed by atoms with E-state index in [1.165, 1.54) is 4.24 Å². The highest BCUT2D eigenvalue weighted by molar-refractivity contribution is 8.80. The maximum atomic E-state index is 2.33. The minimum absolute atomic E-state index is 0.344. The third kappa shape index (κ3) is 9.10. The molecule has 78 valence electrons. The van der Waals surface area contributed by atoms with Gasteiger partial charge in [0.1, 0.15) is 0 Å². The van der Waals surface area contributed by atoms with Gasteiger partial charge in [-0.15, -0.1) is 11.8 Å². The molecule has 0 bridgehead atoms. The Balaban J connectivity index is 4.00. The van der Waals surface area contributed by atoms with Crippen LogP contribution in [-0.4, -0.2) is 11.0 Å². The predicted octanol–water partition coefficient (Wildman–Crippen LogP) is 5.03. The van der Waals surface area contributed by atoms with Gasteiger partial charge in [0, 0.05) is 8.98 Å². The molecular weight excluding hydrogens is 216 g/mol. The number of hydrogen-bond donors (Lipinski definition) is 0. The lowest BCUT2D eigenvalue weighted by molar-refractivity contribution is 0.810. The Morgan fingerprint density at radius 2 is 1.77 bits per heavy atom. The summed E-state index contributed by atoms with van der Waals surface area (Å²) in [5, 5.41) is 0. The van der Waals surface area contributed by atoms with Gasteiger partial charge >= 0.3 is 0 Å². The number of thioether (sulfide) groups is 1. The van der Waals surface area contributed by atoms with Crippen molar-refractivity contribution >= 4 is 33.3 Å². The smallest absolute Gasteiger partial charge is 0.0470 e. The normalized spacial score (nSPS) is 13.9. The monoisotopic (exact) mass is 236 g/mol. The molecule has 0 radical (unpaired) electrons. The zero-order valence-corrected chi connectivity index (χ0v) is 11.8. The summed E-state index contributed by atoms with van der Waals surface area (Å²) in [5.74, 6) is 0.649. The summed E-state index contributed by atoms with van der Waals surface area (Å²) in [7, 11) is 3.83. The van der Waals surface area contributed by atoms with E-state index in [1.54, 1.807) is 0 Å². The molecule has 0 aliphatic rings. The first-order valence-corrected chi connectivity index (χ1v) is 7.84. The summed E-state index contributed by atoms with van der Waals surface area (Å²) in [6.45, 7) is 11.2. The van der Waals surface area contributed by atoms with Gasteiger partial charge in [-0.3, -0.25) is 0 Å². The molecule has 0 aromatic carbocycles. The Kier molecular flexibility index (Phi) is 6.69. The lowest BCUT2D eigenvalue weighted by Crippen LogP contribution is -2.04. The fourth-order valence-corrected chi connectivity index (χ4v) is 3.99. The predicted molar refractivity (Wildman–Crippen MR) is 71.4 cm³/mol. The van der Waals surface area contributed by atoms with Gasteiger partial charge in [-0.05, 0) is 12.2 Å². The lowest BCUT2D eigenvalue weighted by atomic mass is 10.2. The topological polar surface area (TPSA) is 0 Å². The zero-order chi connectivity index (χ0) is 10.5. The maximum absolute atomic E-state index is 2.33. The first kappa shape index (κ1) is 13.8. The van der Waals surface area contributed by atoms with Gasteiger partial charge in [0.25, 0.3) is 0 Å². The summed E-state index contributed by atoms with van der Waals surface area (Å²) in [6.07, 6.45) is 4.47. The van der Waals surface area contributed by atoms with E-state index in [2.05, 4.69) is 47.0 Å².